The molecule has 1 aromatic carbocycles. The first-order valence-electron chi connectivity index (χ1n) is 7.28. The molecule has 0 bridgehead atoms. The number of nitrogens with zero attached hydrogens (tertiary/aromatic N) is 1. The van der Waals surface area contributed by atoms with Crippen molar-refractivity contribution in [2.75, 3.05) is 6.54 Å². The van der Waals surface area contributed by atoms with Gasteiger partial charge < -0.3 is 10.0 Å². The Morgan fingerprint density at radius 1 is 1.50 bits per heavy atom. The number of amides is 1. The van der Waals surface area contributed by atoms with E-state index in [2.05, 4.69) is 15.9 Å². The predicted molar refractivity (Wildman–Crippen MR) is 83.9 cm³/mol. The van der Waals surface area contributed by atoms with Crippen LogP contribution in [0.1, 0.15) is 25.8 Å². The van der Waals surface area contributed by atoms with Gasteiger partial charge in [0.25, 0.3) is 0 Å². The van der Waals surface area contributed by atoms with Crippen molar-refractivity contribution in [3.63, 3.8) is 0 Å². The molecule has 120 valence electrons. The number of carbonyl (C=O) groups excluding carboxylic acids is 1. The summed E-state index contributed by atoms with van der Waals surface area (Å²) in [4.78, 5) is 25.3. The lowest BCUT2D eigenvalue weighted by Crippen LogP contribution is -2.40. The molecule has 1 fully saturated rings. The van der Waals surface area contributed by atoms with Crippen LogP contribution in [0, 0.1) is 17.7 Å². The summed E-state index contributed by atoms with van der Waals surface area (Å²) in [7, 11) is 0. The van der Waals surface area contributed by atoms with Gasteiger partial charge in [0, 0.05) is 18.5 Å². The molecule has 1 aliphatic rings. The molecule has 0 spiro atoms. The zero-order valence-electron chi connectivity index (χ0n) is 12.6. The van der Waals surface area contributed by atoms with E-state index in [1.807, 2.05) is 6.92 Å². The van der Waals surface area contributed by atoms with Crippen molar-refractivity contribution < 1.29 is 19.1 Å². The number of carbonyl (C=O) groups is 2. The summed E-state index contributed by atoms with van der Waals surface area (Å²) in [6.07, 6.45) is 0.996. The summed E-state index contributed by atoms with van der Waals surface area (Å²) >= 11 is 3.14. The maximum atomic E-state index is 13.2. The number of carboxylic acids is 1. The zero-order chi connectivity index (χ0) is 16.4. The number of hydrogen-bond donors (Lipinski definition) is 1. The third-order valence-electron chi connectivity index (χ3n) is 4.30. The molecule has 1 aliphatic heterocycles. The Hall–Kier alpha value is -1.43. The number of carboxylic acid groups (broad SMARTS) is 1. The Labute approximate surface area is 137 Å². The molecule has 1 N–H and O–H groups in total. The first kappa shape index (κ1) is 16.9. The molecule has 3 unspecified atom stereocenters. The van der Waals surface area contributed by atoms with Crippen molar-refractivity contribution in [2.45, 2.75) is 32.7 Å². The van der Waals surface area contributed by atoms with E-state index in [-0.39, 0.29) is 23.7 Å². The number of rotatable bonds is 4. The minimum Gasteiger partial charge on any atom is -0.481 e. The molecule has 0 aliphatic carbocycles. The lowest BCUT2D eigenvalue weighted by molar-refractivity contribution is -0.143. The number of benzene rings is 1. The third-order valence-corrected chi connectivity index (χ3v) is 4.91. The monoisotopic (exact) mass is 371 g/mol. The second-order valence-corrected chi connectivity index (χ2v) is 6.71. The topological polar surface area (TPSA) is 57.6 Å². The lowest BCUT2D eigenvalue weighted by atomic mass is 9.98. The molecule has 1 heterocycles. The van der Waals surface area contributed by atoms with Crippen molar-refractivity contribution in [1.29, 1.82) is 0 Å². The van der Waals surface area contributed by atoms with Crippen LogP contribution < -0.4 is 0 Å². The lowest BCUT2D eigenvalue weighted by Gasteiger charge is -2.26. The van der Waals surface area contributed by atoms with Crippen LogP contribution in [0.15, 0.2) is 22.7 Å². The van der Waals surface area contributed by atoms with Gasteiger partial charge in [0.1, 0.15) is 5.82 Å². The van der Waals surface area contributed by atoms with E-state index in [1.54, 1.807) is 24.0 Å². The fourth-order valence-electron chi connectivity index (χ4n) is 2.97. The highest BCUT2D eigenvalue weighted by atomic mass is 79.9. The van der Waals surface area contributed by atoms with Crippen molar-refractivity contribution >= 4 is 27.8 Å². The first-order chi connectivity index (χ1) is 10.3. The summed E-state index contributed by atoms with van der Waals surface area (Å²) in [5.41, 5.74) is 0.871. The molecule has 2 rings (SSSR count). The minimum atomic E-state index is -0.849. The number of hydrogen-bond acceptors (Lipinski definition) is 2. The van der Waals surface area contributed by atoms with Gasteiger partial charge in [-0.15, -0.1) is 0 Å². The minimum absolute atomic E-state index is 0.0447. The standard InChI is InChI=1S/C16H19BrFNO3/c1-9(7-11-3-4-14(18)13(17)8-11)15(20)19-6-5-12(10(19)2)16(21)22/h3-4,8-10,12H,5-7H2,1-2H3,(H,21,22). The average molecular weight is 372 g/mol. The van der Waals surface area contributed by atoms with Crippen LogP contribution in [0.4, 0.5) is 4.39 Å². The number of halogens is 2. The van der Waals surface area contributed by atoms with Crippen molar-refractivity contribution in [3.05, 3.63) is 34.1 Å². The Morgan fingerprint density at radius 3 is 2.73 bits per heavy atom. The molecule has 1 aromatic rings. The Morgan fingerprint density at radius 2 is 2.18 bits per heavy atom. The number of likely N-dealkylation sites (tertiary alicyclic amines) is 1. The van der Waals surface area contributed by atoms with Crippen molar-refractivity contribution in [2.24, 2.45) is 11.8 Å². The maximum Gasteiger partial charge on any atom is 0.308 e. The summed E-state index contributed by atoms with van der Waals surface area (Å²) < 4.78 is 13.6. The van der Waals surface area contributed by atoms with E-state index in [9.17, 15) is 14.0 Å². The van der Waals surface area contributed by atoms with Gasteiger partial charge in [0.2, 0.25) is 5.91 Å². The Kier molecular flexibility index (Phi) is 5.21. The van der Waals surface area contributed by atoms with Crippen LogP contribution in [0.25, 0.3) is 0 Å². The molecular formula is C16H19BrFNO3. The normalized spacial score (nSPS) is 22.6. The SMILES string of the molecule is CC(Cc1ccc(F)c(Br)c1)C(=O)N1CCC(C(=O)O)C1C. The highest BCUT2D eigenvalue weighted by molar-refractivity contribution is 9.10. The molecule has 0 aromatic heterocycles. The van der Waals surface area contributed by atoms with Gasteiger partial charge in [0.15, 0.2) is 0 Å². The molecule has 4 nitrogen and oxygen atoms in total. The van der Waals surface area contributed by atoms with Gasteiger partial charge in [-0.05, 0) is 53.4 Å². The first-order valence-corrected chi connectivity index (χ1v) is 8.07. The zero-order valence-corrected chi connectivity index (χ0v) is 14.1. The van der Waals surface area contributed by atoms with Crippen LogP contribution >= 0.6 is 15.9 Å². The van der Waals surface area contributed by atoms with Crippen LogP contribution in [0.3, 0.4) is 0 Å². The number of aliphatic carboxylic acids is 1. The smallest absolute Gasteiger partial charge is 0.308 e. The largest absolute Gasteiger partial charge is 0.481 e. The van der Waals surface area contributed by atoms with E-state index in [0.717, 1.165) is 5.56 Å². The van der Waals surface area contributed by atoms with Gasteiger partial charge >= 0.3 is 5.97 Å². The van der Waals surface area contributed by atoms with Gasteiger partial charge in [0.05, 0.1) is 10.4 Å². The Balaban J connectivity index is 2.03. The van der Waals surface area contributed by atoms with E-state index < -0.39 is 11.9 Å². The highest BCUT2D eigenvalue weighted by Gasteiger charge is 2.39. The van der Waals surface area contributed by atoms with Crippen LogP contribution in [0.2, 0.25) is 0 Å². The van der Waals surface area contributed by atoms with Gasteiger partial charge in [-0.1, -0.05) is 13.0 Å². The van der Waals surface area contributed by atoms with E-state index >= 15 is 0 Å². The molecule has 3 atom stereocenters. The summed E-state index contributed by atoms with van der Waals surface area (Å²) in [6, 6.07) is 4.42. The fourth-order valence-corrected chi connectivity index (χ4v) is 3.40. The van der Waals surface area contributed by atoms with Crippen molar-refractivity contribution in [3.8, 4) is 0 Å². The predicted octanol–water partition coefficient (Wildman–Crippen LogP) is 3.09. The van der Waals surface area contributed by atoms with E-state index in [0.29, 0.717) is 23.9 Å². The second kappa shape index (κ2) is 6.77. The van der Waals surface area contributed by atoms with E-state index in [1.165, 1.54) is 6.07 Å². The van der Waals surface area contributed by atoms with Crippen molar-refractivity contribution in [1.82, 2.24) is 4.90 Å². The molecule has 22 heavy (non-hydrogen) atoms. The summed E-state index contributed by atoms with van der Waals surface area (Å²) in [5.74, 6) is -1.99. The fraction of sp³-hybridized carbons (Fsp3) is 0.500. The summed E-state index contributed by atoms with van der Waals surface area (Å²) in [5, 5.41) is 9.13. The second-order valence-electron chi connectivity index (χ2n) is 5.86. The highest BCUT2D eigenvalue weighted by Crippen LogP contribution is 2.27. The Bertz CT molecular complexity index is 593. The average Bonchev–Trinajstić information content (AvgIpc) is 2.84. The van der Waals surface area contributed by atoms with Crippen LogP contribution in [-0.2, 0) is 16.0 Å². The molecule has 0 saturated carbocycles. The molecular weight excluding hydrogens is 353 g/mol. The van der Waals surface area contributed by atoms with Gasteiger partial charge in [-0.2, -0.15) is 0 Å². The van der Waals surface area contributed by atoms with Crippen LogP contribution in [-0.4, -0.2) is 34.5 Å². The van der Waals surface area contributed by atoms with E-state index in [4.69, 9.17) is 5.11 Å². The molecule has 6 heteroatoms. The molecule has 1 amide bonds. The third kappa shape index (κ3) is 3.48. The van der Waals surface area contributed by atoms with Gasteiger partial charge in [-0.3, -0.25) is 9.59 Å². The molecule has 0 radical (unpaired) electrons. The maximum absolute atomic E-state index is 13.2. The van der Waals surface area contributed by atoms with Gasteiger partial charge in [-0.25, -0.2) is 4.39 Å². The molecule has 1 saturated heterocycles. The summed E-state index contributed by atoms with van der Waals surface area (Å²) in [6.45, 7) is 4.08. The quantitative estimate of drug-likeness (QED) is 0.884. The van der Waals surface area contributed by atoms with Crippen LogP contribution in [0.5, 0.6) is 0 Å².